The van der Waals surface area contributed by atoms with Gasteiger partial charge in [0.05, 0.1) is 15.7 Å². The second-order valence-corrected chi connectivity index (χ2v) is 10.3. The normalized spacial score (nSPS) is 21.5. The van der Waals surface area contributed by atoms with Gasteiger partial charge in [0.25, 0.3) is 0 Å². The van der Waals surface area contributed by atoms with Gasteiger partial charge in [-0.3, -0.25) is 5.32 Å². The van der Waals surface area contributed by atoms with Crippen LogP contribution in [-0.4, -0.2) is 27.2 Å². The topological polar surface area (TPSA) is 67.4 Å². The van der Waals surface area contributed by atoms with Crippen LogP contribution in [0.25, 0.3) is 0 Å². The van der Waals surface area contributed by atoms with Crippen molar-refractivity contribution < 1.29 is 13.7 Å². The van der Waals surface area contributed by atoms with Gasteiger partial charge in [0.15, 0.2) is 0 Å². The highest BCUT2D eigenvalue weighted by molar-refractivity contribution is 7.84. The molecule has 1 unspecified atom stereocenters. The number of ether oxygens (including phenoxy) is 1. The average molecular weight is 395 g/mol. The first-order valence-electron chi connectivity index (χ1n) is 10.0. The third-order valence-electron chi connectivity index (χ3n) is 4.80. The van der Waals surface area contributed by atoms with Crippen LogP contribution in [0.15, 0.2) is 24.3 Å². The molecule has 2 rings (SSSR count). The lowest BCUT2D eigenvalue weighted by molar-refractivity contribution is 0.0814. The monoisotopic (exact) mass is 394 g/mol. The van der Waals surface area contributed by atoms with Gasteiger partial charge >= 0.3 is 6.09 Å². The van der Waals surface area contributed by atoms with E-state index in [1.165, 1.54) is 18.4 Å². The quantitative estimate of drug-likeness (QED) is 0.688. The molecule has 1 aliphatic carbocycles. The van der Waals surface area contributed by atoms with E-state index in [0.29, 0.717) is 0 Å². The van der Waals surface area contributed by atoms with Gasteiger partial charge in [-0.25, -0.2) is 13.7 Å². The van der Waals surface area contributed by atoms with Crippen LogP contribution < -0.4 is 10.0 Å². The summed E-state index contributed by atoms with van der Waals surface area (Å²) in [6.07, 6.45) is 6.27. The molecule has 2 N–H and O–H groups in total. The molecule has 0 spiro atoms. The molecule has 0 saturated heterocycles. The fraction of sp³-hybridized carbons (Fsp3) is 0.667. The maximum atomic E-state index is 12.2. The van der Waals surface area contributed by atoms with Crippen LogP contribution in [0, 0.1) is 0 Å². The Bertz CT molecular complexity index is 617. The van der Waals surface area contributed by atoms with E-state index in [2.05, 4.69) is 29.1 Å². The Morgan fingerprint density at radius 3 is 2.33 bits per heavy atom. The van der Waals surface area contributed by atoms with Gasteiger partial charge in [0.1, 0.15) is 6.10 Å². The molecule has 1 fully saturated rings. The Labute approximate surface area is 166 Å². The Balaban J connectivity index is 1.72. The number of carbonyl (C=O) groups is 1. The summed E-state index contributed by atoms with van der Waals surface area (Å²) in [5.74, 6) is 0. The molecule has 5 nitrogen and oxygen atoms in total. The van der Waals surface area contributed by atoms with Gasteiger partial charge in [-0.05, 0) is 77.0 Å². The predicted octanol–water partition coefficient (Wildman–Crippen LogP) is 4.94. The van der Waals surface area contributed by atoms with Crippen molar-refractivity contribution in [2.24, 2.45) is 0 Å². The summed E-state index contributed by atoms with van der Waals surface area (Å²) >= 11 is 0. The third kappa shape index (κ3) is 7.62. The van der Waals surface area contributed by atoms with Crippen molar-refractivity contribution in [3.8, 4) is 0 Å². The van der Waals surface area contributed by atoms with Gasteiger partial charge in [-0.15, -0.1) is 0 Å². The van der Waals surface area contributed by atoms with Gasteiger partial charge in [-0.1, -0.05) is 25.5 Å². The molecule has 0 heterocycles. The highest BCUT2D eigenvalue weighted by Crippen LogP contribution is 2.23. The number of benzene rings is 1. The lowest BCUT2D eigenvalue weighted by Crippen LogP contribution is -2.42. The molecule has 0 radical (unpaired) electrons. The first-order chi connectivity index (χ1) is 12.8. The Morgan fingerprint density at radius 2 is 1.78 bits per heavy atom. The van der Waals surface area contributed by atoms with Crippen molar-refractivity contribution >= 4 is 22.8 Å². The van der Waals surface area contributed by atoms with Crippen molar-refractivity contribution in [1.29, 1.82) is 0 Å². The second kappa shape index (κ2) is 10.2. The number of unbranched alkanes of at least 4 members (excludes halogenated alkanes) is 1. The maximum Gasteiger partial charge on any atom is 0.411 e. The van der Waals surface area contributed by atoms with Crippen molar-refractivity contribution in [3.05, 3.63) is 29.8 Å². The second-order valence-electron chi connectivity index (χ2n) is 8.30. The van der Waals surface area contributed by atoms with Gasteiger partial charge in [0.2, 0.25) is 0 Å². The predicted molar refractivity (Wildman–Crippen MR) is 112 cm³/mol. The van der Waals surface area contributed by atoms with Crippen LogP contribution in [0.5, 0.6) is 0 Å². The fourth-order valence-corrected chi connectivity index (χ4v) is 3.95. The zero-order chi connectivity index (χ0) is 19.9. The van der Waals surface area contributed by atoms with E-state index in [1.54, 1.807) is 0 Å². The summed E-state index contributed by atoms with van der Waals surface area (Å²) in [7, 11) is -1.06. The highest BCUT2D eigenvalue weighted by Gasteiger charge is 2.28. The Hall–Kier alpha value is -1.40. The van der Waals surface area contributed by atoms with Crippen molar-refractivity contribution in [2.45, 2.75) is 89.5 Å². The third-order valence-corrected chi connectivity index (χ3v) is 6.46. The van der Waals surface area contributed by atoms with Crippen LogP contribution in [0.3, 0.4) is 0 Å². The molecule has 1 aromatic rings. The lowest BCUT2D eigenvalue weighted by atomic mass is 9.94. The zero-order valence-corrected chi connectivity index (χ0v) is 17.9. The Morgan fingerprint density at radius 1 is 1.15 bits per heavy atom. The van der Waals surface area contributed by atoms with Gasteiger partial charge < -0.3 is 4.74 Å². The van der Waals surface area contributed by atoms with E-state index in [4.69, 9.17) is 4.74 Å². The summed E-state index contributed by atoms with van der Waals surface area (Å²) in [5, 5.41) is 2.81. The van der Waals surface area contributed by atoms with Crippen LogP contribution >= 0.6 is 0 Å². The number of hydrogen-bond acceptors (Lipinski definition) is 3. The molecule has 1 aromatic carbocycles. The highest BCUT2D eigenvalue weighted by atomic mass is 32.2. The fourth-order valence-electron chi connectivity index (χ4n) is 3.06. The van der Waals surface area contributed by atoms with Crippen LogP contribution in [0.2, 0.25) is 0 Å². The van der Waals surface area contributed by atoms with Crippen LogP contribution in [-0.2, 0) is 22.1 Å². The van der Waals surface area contributed by atoms with E-state index < -0.39 is 17.1 Å². The van der Waals surface area contributed by atoms with E-state index in [-0.39, 0.29) is 16.9 Å². The number of hydrogen-bond donors (Lipinski definition) is 2. The molecule has 1 saturated carbocycles. The molecule has 152 valence electrons. The summed E-state index contributed by atoms with van der Waals surface area (Å²) < 4.78 is 20.7. The molecular weight excluding hydrogens is 360 g/mol. The first kappa shape index (κ1) is 21.9. The Kier molecular flexibility index (Phi) is 8.29. The first-order valence-corrected chi connectivity index (χ1v) is 11.2. The summed E-state index contributed by atoms with van der Waals surface area (Å²) in [5.41, 5.74) is 2.05. The number of anilines is 1. The minimum absolute atomic E-state index is 0.0741. The minimum atomic E-state index is -1.06. The number of amides is 1. The zero-order valence-electron chi connectivity index (χ0n) is 17.0. The summed E-state index contributed by atoms with van der Waals surface area (Å²) in [6, 6.07) is 8.18. The van der Waals surface area contributed by atoms with E-state index in [1.807, 2.05) is 32.9 Å². The van der Waals surface area contributed by atoms with E-state index in [9.17, 15) is 9.00 Å². The molecule has 0 aromatic heterocycles. The lowest BCUT2D eigenvalue weighted by Gasteiger charge is -2.30. The van der Waals surface area contributed by atoms with E-state index in [0.717, 1.165) is 37.8 Å². The number of rotatable bonds is 7. The van der Waals surface area contributed by atoms with E-state index >= 15 is 0 Å². The molecule has 0 bridgehead atoms. The molecule has 6 heteroatoms. The SMILES string of the molecule is CCCCc1ccc(NC(=O)OC2CCC(NS(=O)C(C)(C)C)CC2)cc1. The average Bonchev–Trinajstić information content (AvgIpc) is 2.62. The smallest absolute Gasteiger partial charge is 0.411 e. The minimum Gasteiger partial charge on any atom is -0.446 e. The molecule has 27 heavy (non-hydrogen) atoms. The maximum absolute atomic E-state index is 12.2. The summed E-state index contributed by atoms with van der Waals surface area (Å²) in [4.78, 5) is 12.1. The van der Waals surface area contributed by atoms with Crippen LogP contribution in [0.1, 0.15) is 71.8 Å². The standard InChI is InChI=1S/C21H34N2O3S/c1-5-6-7-16-8-10-17(11-9-16)22-20(24)26-19-14-12-18(13-15-19)23-27(25)21(2,3)4/h8-11,18-19,23H,5-7,12-15H2,1-4H3,(H,22,24). The van der Waals surface area contributed by atoms with Gasteiger partial charge in [0, 0.05) is 11.7 Å². The van der Waals surface area contributed by atoms with Gasteiger partial charge in [-0.2, -0.15) is 0 Å². The van der Waals surface area contributed by atoms with Crippen molar-refractivity contribution in [3.63, 3.8) is 0 Å². The molecule has 0 aliphatic heterocycles. The van der Waals surface area contributed by atoms with Crippen molar-refractivity contribution in [2.75, 3.05) is 5.32 Å². The number of aryl methyl sites for hydroxylation is 1. The summed E-state index contributed by atoms with van der Waals surface area (Å²) in [6.45, 7) is 8.07. The number of nitrogens with one attached hydrogen (secondary N) is 2. The molecule has 1 atom stereocenters. The molecule has 1 aliphatic rings. The number of carbonyl (C=O) groups excluding carboxylic acids is 1. The molecular formula is C21H34N2O3S. The van der Waals surface area contributed by atoms with Crippen molar-refractivity contribution in [1.82, 2.24) is 4.72 Å². The van der Waals surface area contributed by atoms with Crippen LogP contribution in [0.4, 0.5) is 10.5 Å². The largest absolute Gasteiger partial charge is 0.446 e. The molecule has 1 amide bonds.